The third-order valence-electron chi connectivity index (χ3n) is 4.55. The first kappa shape index (κ1) is 21.7. The number of aromatic nitrogens is 2. The molecule has 162 valence electrons. The summed E-state index contributed by atoms with van der Waals surface area (Å²) in [5, 5.41) is 3.23. The summed E-state index contributed by atoms with van der Waals surface area (Å²) >= 11 is 0. The van der Waals surface area contributed by atoms with Crippen LogP contribution in [-0.4, -0.2) is 66.7 Å². The summed E-state index contributed by atoms with van der Waals surface area (Å²) in [6, 6.07) is 6.98. The fourth-order valence-corrected chi connectivity index (χ4v) is 3.13. The van der Waals surface area contributed by atoms with Crippen LogP contribution in [0.2, 0.25) is 0 Å². The standard InChI is InChI=1S/C20H25F3N6O/c1-2-24-18(28-11-13-29(14-12-28)19-25-8-5-9-26-19)27-10-15-30-17-7-4-3-6-16(17)20(21,22)23/h3-9H,2,10-15H2,1H3,(H,24,27). The molecule has 1 fully saturated rings. The zero-order chi connectivity index (χ0) is 21.4. The molecule has 1 aromatic carbocycles. The summed E-state index contributed by atoms with van der Waals surface area (Å²) in [7, 11) is 0. The maximum atomic E-state index is 13.0. The van der Waals surface area contributed by atoms with E-state index in [-0.39, 0.29) is 18.9 Å². The van der Waals surface area contributed by atoms with Gasteiger partial charge in [-0.3, -0.25) is 0 Å². The lowest BCUT2D eigenvalue weighted by molar-refractivity contribution is -0.138. The number of guanidine groups is 1. The number of para-hydroxylation sites is 1. The fraction of sp³-hybridized carbons (Fsp3) is 0.450. The van der Waals surface area contributed by atoms with Gasteiger partial charge in [0.2, 0.25) is 5.95 Å². The molecule has 0 atom stereocenters. The molecule has 10 heteroatoms. The van der Waals surface area contributed by atoms with Gasteiger partial charge >= 0.3 is 6.18 Å². The van der Waals surface area contributed by atoms with Crippen LogP contribution in [0.4, 0.5) is 19.1 Å². The van der Waals surface area contributed by atoms with Crippen LogP contribution in [0.1, 0.15) is 12.5 Å². The Hall–Kier alpha value is -3.04. The average Bonchev–Trinajstić information content (AvgIpc) is 2.76. The number of hydrogen-bond acceptors (Lipinski definition) is 5. The number of benzene rings is 1. The van der Waals surface area contributed by atoms with E-state index in [4.69, 9.17) is 4.74 Å². The van der Waals surface area contributed by atoms with Gasteiger partial charge in [-0.1, -0.05) is 12.1 Å². The highest BCUT2D eigenvalue weighted by atomic mass is 19.4. The van der Waals surface area contributed by atoms with E-state index in [9.17, 15) is 13.2 Å². The minimum Gasteiger partial charge on any atom is -0.491 e. The second-order valence-electron chi connectivity index (χ2n) is 6.60. The number of nitrogens with zero attached hydrogens (tertiary/aromatic N) is 5. The van der Waals surface area contributed by atoms with Crippen molar-refractivity contribution in [3.8, 4) is 5.75 Å². The quantitative estimate of drug-likeness (QED) is 0.439. The number of hydrogen-bond donors (Lipinski definition) is 1. The Morgan fingerprint density at radius 2 is 1.80 bits per heavy atom. The molecule has 0 aliphatic carbocycles. The van der Waals surface area contributed by atoms with Crippen LogP contribution in [0.15, 0.2) is 47.7 Å². The third-order valence-corrected chi connectivity index (χ3v) is 4.55. The summed E-state index contributed by atoms with van der Waals surface area (Å²) in [5.41, 5.74) is -0.778. The Bertz CT molecular complexity index is 823. The molecular formula is C20H25F3N6O. The molecule has 1 saturated heterocycles. The van der Waals surface area contributed by atoms with E-state index < -0.39 is 11.7 Å². The van der Waals surface area contributed by atoms with Crippen molar-refractivity contribution >= 4 is 11.9 Å². The molecule has 30 heavy (non-hydrogen) atoms. The summed E-state index contributed by atoms with van der Waals surface area (Å²) in [5.74, 6) is 1.25. The van der Waals surface area contributed by atoms with Crippen molar-refractivity contribution in [3.63, 3.8) is 0 Å². The number of anilines is 1. The Morgan fingerprint density at radius 3 is 2.47 bits per heavy atom. The van der Waals surface area contributed by atoms with Crippen LogP contribution in [0.25, 0.3) is 0 Å². The van der Waals surface area contributed by atoms with Crippen molar-refractivity contribution in [1.82, 2.24) is 20.2 Å². The van der Waals surface area contributed by atoms with E-state index in [0.29, 0.717) is 12.5 Å². The smallest absolute Gasteiger partial charge is 0.419 e. The molecule has 0 bridgehead atoms. The summed E-state index contributed by atoms with van der Waals surface area (Å²) in [6.07, 6.45) is -1.01. The normalized spacial score (nSPS) is 15.3. The van der Waals surface area contributed by atoms with Crippen molar-refractivity contribution < 1.29 is 17.9 Å². The second-order valence-corrected chi connectivity index (χ2v) is 6.60. The lowest BCUT2D eigenvalue weighted by Gasteiger charge is -2.36. The highest BCUT2D eigenvalue weighted by Gasteiger charge is 2.34. The van der Waals surface area contributed by atoms with E-state index in [1.807, 2.05) is 6.92 Å². The van der Waals surface area contributed by atoms with Crippen LogP contribution in [0.5, 0.6) is 5.75 Å². The van der Waals surface area contributed by atoms with Gasteiger partial charge < -0.3 is 19.9 Å². The minimum absolute atomic E-state index is 0.0554. The van der Waals surface area contributed by atoms with E-state index in [0.717, 1.165) is 38.2 Å². The van der Waals surface area contributed by atoms with Crippen LogP contribution < -0.4 is 15.0 Å². The molecular weight excluding hydrogens is 397 g/mol. The minimum atomic E-state index is -4.45. The summed E-state index contributed by atoms with van der Waals surface area (Å²) in [6.45, 7) is 5.95. The molecule has 1 aromatic heterocycles. The number of ether oxygens (including phenoxy) is 1. The van der Waals surface area contributed by atoms with Crippen molar-refractivity contribution in [2.75, 3.05) is 50.8 Å². The Labute approximate surface area is 173 Å². The highest BCUT2D eigenvalue weighted by molar-refractivity contribution is 5.80. The van der Waals surface area contributed by atoms with Crippen molar-refractivity contribution in [2.45, 2.75) is 13.1 Å². The van der Waals surface area contributed by atoms with Crippen LogP contribution in [0.3, 0.4) is 0 Å². The molecule has 7 nitrogen and oxygen atoms in total. The van der Waals surface area contributed by atoms with Gasteiger partial charge in [-0.15, -0.1) is 0 Å². The number of alkyl halides is 3. The van der Waals surface area contributed by atoms with Gasteiger partial charge in [-0.25, -0.2) is 15.0 Å². The van der Waals surface area contributed by atoms with Gasteiger partial charge in [0.25, 0.3) is 0 Å². The summed E-state index contributed by atoms with van der Waals surface area (Å²) < 4.78 is 44.5. The van der Waals surface area contributed by atoms with Gasteiger partial charge in [0.05, 0.1) is 12.1 Å². The molecule has 0 spiro atoms. The maximum Gasteiger partial charge on any atom is 0.419 e. The number of nitrogens with one attached hydrogen (secondary N) is 1. The lowest BCUT2D eigenvalue weighted by Crippen LogP contribution is -2.53. The van der Waals surface area contributed by atoms with Crippen LogP contribution >= 0.6 is 0 Å². The molecule has 0 radical (unpaired) electrons. The second kappa shape index (κ2) is 10.1. The Balaban J connectivity index is 1.54. The SMILES string of the molecule is CCNC(=NCCOc1ccccc1C(F)(F)F)N1CCN(c2ncccn2)CC1. The molecule has 0 amide bonds. The molecule has 3 rings (SSSR count). The average molecular weight is 422 g/mol. The summed E-state index contributed by atoms with van der Waals surface area (Å²) in [4.78, 5) is 17.3. The number of aliphatic imine (C=N–C) groups is 1. The topological polar surface area (TPSA) is 65.9 Å². The van der Waals surface area contributed by atoms with Crippen molar-refractivity contribution in [3.05, 3.63) is 48.3 Å². The molecule has 0 unspecified atom stereocenters. The maximum absolute atomic E-state index is 13.0. The van der Waals surface area contributed by atoms with E-state index in [1.165, 1.54) is 18.2 Å². The third kappa shape index (κ3) is 5.74. The molecule has 1 aliphatic heterocycles. The van der Waals surface area contributed by atoms with Crippen molar-refractivity contribution in [1.29, 1.82) is 0 Å². The van der Waals surface area contributed by atoms with Gasteiger partial charge in [0, 0.05) is 45.1 Å². The highest BCUT2D eigenvalue weighted by Crippen LogP contribution is 2.35. The lowest BCUT2D eigenvalue weighted by atomic mass is 10.2. The van der Waals surface area contributed by atoms with Crippen LogP contribution in [0, 0.1) is 0 Å². The molecule has 2 heterocycles. The van der Waals surface area contributed by atoms with E-state index in [1.54, 1.807) is 18.5 Å². The zero-order valence-corrected chi connectivity index (χ0v) is 16.8. The van der Waals surface area contributed by atoms with Gasteiger partial charge in [-0.05, 0) is 25.1 Å². The molecule has 0 saturated carbocycles. The first-order valence-corrected chi connectivity index (χ1v) is 9.83. The predicted molar refractivity (Wildman–Crippen MR) is 109 cm³/mol. The Kier molecular flexibility index (Phi) is 7.31. The fourth-order valence-electron chi connectivity index (χ4n) is 3.13. The molecule has 2 aromatic rings. The number of rotatable bonds is 6. The van der Waals surface area contributed by atoms with E-state index in [2.05, 4.69) is 30.1 Å². The molecule has 1 N–H and O–H groups in total. The van der Waals surface area contributed by atoms with Crippen LogP contribution in [-0.2, 0) is 6.18 Å². The number of piperazine rings is 1. The van der Waals surface area contributed by atoms with Gasteiger partial charge in [0.1, 0.15) is 12.4 Å². The first-order chi connectivity index (χ1) is 14.5. The van der Waals surface area contributed by atoms with Gasteiger partial charge in [0.15, 0.2) is 5.96 Å². The number of halogens is 3. The Morgan fingerprint density at radius 1 is 1.10 bits per heavy atom. The molecule has 1 aliphatic rings. The largest absolute Gasteiger partial charge is 0.491 e. The van der Waals surface area contributed by atoms with E-state index >= 15 is 0 Å². The monoisotopic (exact) mass is 422 g/mol. The zero-order valence-electron chi connectivity index (χ0n) is 16.8. The van der Waals surface area contributed by atoms with Crippen molar-refractivity contribution in [2.24, 2.45) is 4.99 Å². The predicted octanol–water partition coefficient (Wildman–Crippen LogP) is 2.66. The first-order valence-electron chi connectivity index (χ1n) is 9.83. The van der Waals surface area contributed by atoms with Gasteiger partial charge in [-0.2, -0.15) is 13.2 Å².